The van der Waals surface area contributed by atoms with E-state index in [2.05, 4.69) is 5.32 Å². The number of esters is 1. The number of rotatable bonds is 4. The normalized spacial score (nSPS) is 15.5. The summed E-state index contributed by atoms with van der Waals surface area (Å²) in [5.41, 5.74) is -0.682. The lowest BCUT2D eigenvalue weighted by molar-refractivity contribution is -0.141. The third kappa shape index (κ3) is 4.81. The number of methoxy groups -OCH3 is 2. The Morgan fingerprint density at radius 2 is 1.93 bits per heavy atom. The maximum absolute atomic E-state index is 13.2. The van der Waals surface area contributed by atoms with E-state index in [1.54, 1.807) is 0 Å². The molecule has 2 aromatic rings. The van der Waals surface area contributed by atoms with Crippen molar-refractivity contribution >= 4 is 46.3 Å². The highest BCUT2D eigenvalue weighted by Crippen LogP contribution is 2.47. The van der Waals surface area contributed by atoms with Crippen molar-refractivity contribution in [1.82, 2.24) is 0 Å². The number of benzene rings is 1. The molecule has 1 aliphatic rings. The molecular weight excluding hydrogens is 445 g/mol. The van der Waals surface area contributed by atoms with Crippen molar-refractivity contribution in [2.45, 2.75) is 32.5 Å². The Balaban J connectivity index is 0.00000155. The van der Waals surface area contributed by atoms with Gasteiger partial charge in [0.2, 0.25) is 0 Å². The van der Waals surface area contributed by atoms with Crippen LogP contribution in [0.1, 0.15) is 36.8 Å². The molecule has 30 heavy (non-hydrogen) atoms. The molecule has 1 atom stereocenters. The lowest BCUT2D eigenvalue weighted by atomic mass is 10.0. The largest absolute Gasteiger partial charge is 0.495 e. The van der Waals surface area contributed by atoms with E-state index in [0.29, 0.717) is 14.9 Å². The summed E-state index contributed by atoms with van der Waals surface area (Å²) in [6, 6.07) is 2.68. The highest BCUT2D eigenvalue weighted by atomic mass is 35.5. The summed E-state index contributed by atoms with van der Waals surface area (Å²) in [5, 5.41) is 2.58. The second kappa shape index (κ2) is 9.57. The standard InChI is InChI=1S/C17H14ClF3N2O4S.C2H6/c1-26-12-4-3-8(17(19,20)21)5-10(12)23-11(7-14(24)27-2)15-9(22-16(23)25)6-13(18)28-15;1-2/h3-6,11H,7H2,1-2H3,(H,22,25);1-2H3. The minimum Gasteiger partial charge on any atom is -0.495 e. The van der Waals surface area contributed by atoms with Crippen molar-refractivity contribution in [3.05, 3.63) is 39.0 Å². The summed E-state index contributed by atoms with van der Waals surface area (Å²) in [5.74, 6) is -0.588. The molecule has 1 aliphatic heterocycles. The minimum atomic E-state index is -4.62. The molecule has 1 aromatic carbocycles. The zero-order valence-electron chi connectivity index (χ0n) is 16.6. The van der Waals surface area contributed by atoms with Gasteiger partial charge in [-0.3, -0.25) is 9.69 Å². The average molecular weight is 465 g/mol. The Kier molecular flexibility index (Phi) is 7.59. The molecule has 2 heterocycles. The number of carbonyl (C=O) groups excluding carboxylic acids is 2. The highest BCUT2D eigenvalue weighted by Gasteiger charge is 2.40. The first-order chi connectivity index (χ1) is 14.2. The van der Waals surface area contributed by atoms with Crippen LogP contribution in [0, 0.1) is 0 Å². The van der Waals surface area contributed by atoms with Crippen LogP contribution in [0.25, 0.3) is 0 Å². The monoisotopic (exact) mass is 464 g/mol. The van der Waals surface area contributed by atoms with E-state index in [4.69, 9.17) is 21.1 Å². The number of fused-ring (bicyclic) bond motifs is 1. The van der Waals surface area contributed by atoms with E-state index in [1.165, 1.54) is 20.3 Å². The second-order valence-electron chi connectivity index (χ2n) is 5.81. The molecule has 0 bridgehead atoms. The van der Waals surface area contributed by atoms with Gasteiger partial charge in [0.25, 0.3) is 0 Å². The topological polar surface area (TPSA) is 67.9 Å². The van der Waals surface area contributed by atoms with Crippen LogP contribution in [0.3, 0.4) is 0 Å². The first-order valence-electron chi connectivity index (χ1n) is 8.87. The number of amides is 2. The van der Waals surface area contributed by atoms with Gasteiger partial charge in [0.1, 0.15) is 5.75 Å². The van der Waals surface area contributed by atoms with Crippen LogP contribution in [0.2, 0.25) is 4.34 Å². The fourth-order valence-electron chi connectivity index (χ4n) is 2.91. The molecule has 3 rings (SSSR count). The van der Waals surface area contributed by atoms with Gasteiger partial charge in [-0.1, -0.05) is 25.4 Å². The van der Waals surface area contributed by atoms with Gasteiger partial charge in [-0.25, -0.2) is 4.79 Å². The summed E-state index contributed by atoms with van der Waals surface area (Å²) in [6.45, 7) is 4.00. The summed E-state index contributed by atoms with van der Waals surface area (Å²) >= 11 is 7.14. The smallest absolute Gasteiger partial charge is 0.416 e. The lowest BCUT2D eigenvalue weighted by Crippen LogP contribution is -2.43. The number of anilines is 2. The molecule has 2 amide bonds. The minimum absolute atomic E-state index is 0.0455. The van der Waals surface area contributed by atoms with Gasteiger partial charge >= 0.3 is 18.2 Å². The van der Waals surface area contributed by atoms with Crippen molar-refractivity contribution in [2.75, 3.05) is 24.4 Å². The van der Waals surface area contributed by atoms with Crippen LogP contribution in [0.4, 0.5) is 29.3 Å². The van der Waals surface area contributed by atoms with Gasteiger partial charge in [0.05, 0.1) is 52.8 Å². The Hall–Kier alpha value is -2.46. The molecular formula is C19H20ClF3N2O4S. The van der Waals surface area contributed by atoms with E-state index in [-0.39, 0.29) is 17.9 Å². The van der Waals surface area contributed by atoms with Crippen LogP contribution in [-0.2, 0) is 15.7 Å². The molecule has 0 radical (unpaired) electrons. The van der Waals surface area contributed by atoms with Crippen molar-refractivity contribution in [2.24, 2.45) is 0 Å². The van der Waals surface area contributed by atoms with Crippen molar-refractivity contribution in [3.8, 4) is 5.75 Å². The Bertz CT molecular complexity index is 933. The maximum atomic E-state index is 13.2. The maximum Gasteiger partial charge on any atom is 0.416 e. The third-order valence-corrected chi connectivity index (χ3v) is 5.52. The molecule has 1 aromatic heterocycles. The van der Waals surface area contributed by atoms with E-state index < -0.39 is 29.8 Å². The number of carbonyl (C=O) groups is 2. The van der Waals surface area contributed by atoms with Crippen LogP contribution in [0.15, 0.2) is 24.3 Å². The van der Waals surface area contributed by atoms with Crippen molar-refractivity contribution < 1.29 is 32.2 Å². The average Bonchev–Trinajstić information content (AvgIpc) is 3.08. The molecule has 1 unspecified atom stereocenters. The molecule has 0 saturated carbocycles. The Morgan fingerprint density at radius 3 is 2.50 bits per heavy atom. The number of thiophene rings is 1. The summed E-state index contributed by atoms with van der Waals surface area (Å²) in [6.07, 6.45) is -4.89. The number of halogens is 4. The summed E-state index contributed by atoms with van der Waals surface area (Å²) in [4.78, 5) is 26.3. The van der Waals surface area contributed by atoms with E-state index in [1.807, 2.05) is 13.8 Å². The van der Waals surface area contributed by atoms with Gasteiger partial charge in [0.15, 0.2) is 0 Å². The summed E-state index contributed by atoms with van der Waals surface area (Å²) in [7, 11) is 2.46. The zero-order chi connectivity index (χ0) is 22.6. The first kappa shape index (κ1) is 23.8. The number of alkyl halides is 3. The quantitative estimate of drug-likeness (QED) is 0.554. The number of nitrogens with one attached hydrogen (secondary N) is 1. The number of urea groups is 1. The van der Waals surface area contributed by atoms with Gasteiger partial charge in [-0.2, -0.15) is 13.2 Å². The van der Waals surface area contributed by atoms with Crippen LogP contribution in [0.5, 0.6) is 5.75 Å². The third-order valence-electron chi connectivity index (χ3n) is 4.16. The number of nitrogens with zero attached hydrogens (tertiary/aromatic N) is 1. The lowest BCUT2D eigenvalue weighted by Gasteiger charge is -2.36. The van der Waals surface area contributed by atoms with E-state index in [0.717, 1.165) is 34.4 Å². The van der Waals surface area contributed by atoms with Crippen molar-refractivity contribution in [3.63, 3.8) is 0 Å². The van der Waals surface area contributed by atoms with Gasteiger partial charge in [0, 0.05) is 0 Å². The van der Waals surface area contributed by atoms with Crippen LogP contribution < -0.4 is 15.0 Å². The molecule has 1 N–H and O–H groups in total. The van der Waals surface area contributed by atoms with Gasteiger partial charge in [-0.15, -0.1) is 11.3 Å². The molecule has 164 valence electrons. The second-order valence-corrected chi connectivity index (χ2v) is 7.52. The zero-order valence-corrected chi connectivity index (χ0v) is 18.2. The molecule has 0 saturated heterocycles. The first-order valence-corrected chi connectivity index (χ1v) is 10.1. The predicted molar refractivity (Wildman–Crippen MR) is 110 cm³/mol. The van der Waals surface area contributed by atoms with Gasteiger partial charge < -0.3 is 14.8 Å². The SMILES string of the molecule is CC.COC(=O)CC1c2sc(Cl)cc2NC(=O)N1c1cc(C(F)(F)F)ccc1OC. The number of ether oxygens (including phenoxy) is 2. The van der Waals surface area contributed by atoms with Crippen LogP contribution >= 0.6 is 22.9 Å². The fraction of sp³-hybridized carbons (Fsp3) is 0.368. The highest BCUT2D eigenvalue weighted by molar-refractivity contribution is 7.16. The Morgan fingerprint density at radius 1 is 1.27 bits per heavy atom. The number of hydrogen-bond acceptors (Lipinski definition) is 5. The Labute approximate surface area is 180 Å². The number of hydrogen-bond donors (Lipinski definition) is 1. The molecule has 0 fully saturated rings. The van der Waals surface area contributed by atoms with Crippen LogP contribution in [-0.4, -0.2) is 26.2 Å². The van der Waals surface area contributed by atoms with Gasteiger partial charge in [-0.05, 0) is 24.3 Å². The molecule has 0 aliphatic carbocycles. The van der Waals surface area contributed by atoms with E-state index >= 15 is 0 Å². The van der Waals surface area contributed by atoms with Crippen molar-refractivity contribution in [1.29, 1.82) is 0 Å². The molecule has 11 heteroatoms. The fourth-order valence-corrected chi connectivity index (χ4v) is 4.20. The molecule has 6 nitrogen and oxygen atoms in total. The van der Waals surface area contributed by atoms with E-state index in [9.17, 15) is 22.8 Å². The summed E-state index contributed by atoms with van der Waals surface area (Å²) < 4.78 is 49.9. The predicted octanol–water partition coefficient (Wildman–Crippen LogP) is 6.11. The molecule has 0 spiro atoms.